The molecule has 0 aliphatic carbocycles. The molecule has 116 valence electrons. The summed E-state index contributed by atoms with van der Waals surface area (Å²) >= 11 is 0. The van der Waals surface area contributed by atoms with Crippen molar-refractivity contribution < 1.29 is 9.53 Å². The number of rotatable bonds is 6. The molecule has 0 unspecified atom stereocenters. The lowest BCUT2D eigenvalue weighted by atomic mass is 10.2. The van der Waals surface area contributed by atoms with Gasteiger partial charge in [0.25, 0.3) is 5.91 Å². The summed E-state index contributed by atoms with van der Waals surface area (Å²) in [5, 5.41) is 5.91. The van der Waals surface area contributed by atoms with Crippen LogP contribution in [0, 0.1) is 5.92 Å². The normalized spacial score (nSPS) is 10.4. The molecule has 1 amide bonds. The first-order valence-electron chi connectivity index (χ1n) is 7.10. The van der Waals surface area contributed by atoms with Gasteiger partial charge in [0.15, 0.2) is 0 Å². The number of hydrogen-bond donors (Lipinski definition) is 2. The van der Waals surface area contributed by atoms with Gasteiger partial charge in [-0.25, -0.2) is 9.97 Å². The lowest BCUT2D eigenvalue weighted by Gasteiger charge is -2.09. The van der Waals surface area contributed by atoms with Crippen molar-refractivity contribution in [2.24, 2.45) is 5.92 Å². The summed E-state index contributed by atoms with van der Waals surface area (Å²) in [4.78, 5) is 20.2. The molecule has 0 fully saturated rings. The lowest BCUT2D eigenvalue weighted by Crippen LogP contribution is -2.28. The number of benzene rings is 1. The van der Waals surface area contributed by atoms with E-state index < -0.39 is 0 Å². The van der Waals surface area contributed by atoms with Crippen LogP contribution in [-0.4, -0.2) is 29.5 Å². The third-order valence-corrected chi connectivity index (χ3v) is 2.90. The van der Waals surface area contributed by atoms with Crippen LogP contribution in [0.25, 0.3) is 0 Å². The lowest BCUT2D eigenvalue weighted by molar-refractivity contribution is 0.0943. The van der Waals surface area contributed by atoms with Gasteiger partial charge in [-0.1, -0.05) is 19.9 Å². The molecule has 0 aliphatic rings. The summed E-state index contributed by atoms with van der Waals surface area (Å²) < 4.78 is 5.16. The molecule has 0 bridgehead atoms. The summed E-state index contributed by atoms with van der Waals surface area (Å²) in [5.74, 6) is 1.50. The Morgan fingerprint density at radius 3 is 2.73 bits per heavy atom. The van der Waals surface area contributed by atoms with E-state index in [0.717, 1.165) is 11.4 Å². The quantitative estimate of drug-likeness (QED) is 0.857. The summed E-state index contributed by atoms with van der Waals surface area (Å²) in [6.45, 7) is 4.69. The highest BCUT2D eigenvalue weighted by molar-refractivity contribution is 5.92. The highest BCUT2D eigenvalue weighted by Gasteiger charge is 2.08. The Kier molecular flexibility index (Phi) is 5.30. The van der Waals surface area contributed by atoms with Crippen LogP contribution in [0.1, 0.15) is 24.3 Å². The van der Waals surface area contributed by atoms with Crippen LogP contribution in [0.15, 0.2) is 36.7 Å². The Morgan fingerprint density at radius 1 is 1.27 bits per heavy atom. The molecule has 2 aromatic rings. The zero-order valence-electron chi connectivity index (χ0n) is 13.0. The smallest absolute Gasteiger partial charge is 0.271 e. The van der Waals surface area contributed by atoms with Crippen molar-refractivity contribution in [1.82, 2.24) is 15.3 Å². The molecule has 1 aromatic carbocycles. The third kappa shape index (κ3) is 4.44. The SMILES string of the molecule is COc1cccc(Nc2cnc(C(=O)NCC(C)C)cn2)c1. The van der Waals surface area contributed by atoms with E-state index in [-0.39, 0.29) is 5.91 Å². The second kappa shape index (κ2) is 7.40. The highest BCUT2D eigenvalue weighted by Crippen LogP contribution is 2.19. The van der Waals surface area contributed by atoms with Crippen LogP contribution in [0.3, 0.4) is 0 Å². The van der Waals surface area contributed by atoms with Crippen molar-refractivity contribution in [2.45, 2.75) is 13.8 Å². The molecule has 2 N–H and O–H groups in total. The van der Waals surface area contributed by atoms with E-state index in [9.17, 15) is 4.79 Å². The van der Waals surface area contributed by atoms with Crippen LogP contribution < -0.4 is 15.4 Å². The Morgan fingerprint density at radius 2 is 2.09 bits per heavy atom. The van der Waals surface area contributed by atoms with Gasteiger partial charge >= 0.3 is 0 Å². The van der Waals surface area contributed by atoms with E-state index >= 15 is 0 Å². The van der Waals surface area contributed by atoms with E-state index in [1.807, 2.05) is 38.1 Å². The topological polar surface area (TPSA) is 76.1 Å². The first-order chi connectivity index (χ1) is 10.6. The number of amides is 1. The molecule has 22 heavy (non-hydrogen) atoms. The number of hydrogen-bond acceptors (Lipinski definition) is 5. The molecule has 1 heterocycles. The standard InChI is InChI=1S/C16H20N4O2/c1-11(2)8-19-16(21)14-9-18-15(10-17-14)20-12-5-4-6-13(7-12)22-3/h4-7,9-11H,8H2,1-3H3,(H,18,20)(H,19,21). The molecule has 0 radical (unpaired) electrons. The number of ether oxygens (including phenoxy) is 1. The molecular weight excluding hydrogens is 280 g/mol. The second-order valence-electron chi connectivity index (χ2n) is 5.25. The minimum absolute atomic E-state index is 0.214. The first-order valence-corrected chi connectivity index (χ1v) is 7.10. The van der Waals surface area contributed by atoms with Crippen LogP contribution >= 0.6 is 0 Å². The summed E-state index contributed by atoms with van der Waals surface area (Å²) in [5.41, 5.74) is 1.14. The Bertz CT molecular complexity index is 626. The average molecular weight is 300 g/mol. The van der Waals surface area contributed by atoms with E-state index in [1.54, 1.807) is 7.11 Å². The maximum atomic E-state index is 11.9. The Hall–Kier alpha value is -2.63. The molecule has 0 saturated carbocycles. The predicted molar refractivity (Wildman–Crippen MR) is 85.5 cm³/mol. The molecule has 6 heteroatoms. The zero-order chi connectivity index (χ0) is 15.9. The van der Waals surface area contributed by atoms with Crippen LogP contribution in [0.4, 0.5) is 11.5 Å². The van der Waals surface area contributed by atoms with Crippen molar-refractivity contribution in [2.75, 3.05) is 19.0 Å². The van der Waals surface area contributed by atoms with Gasteiger partial charge in [0.2, 0.25) is 0 Å². The van der Waals surface area contributed by atoms with Gasteiger partial charge in [-0.05, 0) is 18.1 Å². The van der Waals surface area contributed by atoms with Gasteiger partial charge < -0.3 is 15.4 Å². The minimum atomic E-state index is -0.214. The van der Waals surface area contributed by atoms with Crippen LogP contribution in [0.5, 0.6) is 5.75 Å². The van der Waals surface area contributed by atoms with Crippen molar-refractivity contribution >= 4 is 17.4 Å². The highest BCUT2D eigenvalue weighted by atomic mass is 16.5. The van der Waals surface area contributed by atoms with Gasteiger partial charge in [0, 0.05) is 18.3 Å². The van der Waals surface area contributed by atoms with Gasteiger partial charge in [-0.2, -0.15) is 0 Å². The Labute approximate surface area is 129 Å². The third-order valence-electron chi connectivity index (χ3n) is 2.90. The summed E-state index contributed by atoms with van der Waals surface area (Å²) in [6, 6.07) is 7.49. The predicted octanol–water partition coefficient (Wildman–Crippen LogP) is 2.61. The fourth-order valence-corrected chi connectivity index (χ4v) is 1.75. The van der Waals surface area contributed by atoms with Crippen molar-refractivity contribution in [3.05, 3.63) is 42.4 Å². The molecule has 0 saturated heterocycles. The number of nitrogens with one attached hydrogen (secondary N) is 2. The van der Waals surface area contributed by atoms with Crippen LogP contribution in [0.2, 0.25) is 0 Å². The number of methoxy groups -OCH3 is 1. The Balaban J connectivity index is 2.00. The minimum Gasteiger partial charge on any atom is -0.497 e. The number of anilines is 2. The van der Waals surface area contributed by atoms with Crippen molar-refractivity contribution in [1.29, 1.82) is 0 Å². The molecule has 2 rings (SSSR count). The number of aromatic nitrogens is 2. The largest absolute Gasteiger partial charge is 0.497 e. The first kappa shape index (κ1) is 15.8. The number of carbonyl (C=O) groups is 1. The second-order valence-corrected chi connectivity index (χ2v) is 5.25. The summed E-state index contributed by atoms with van der Waals surface area (Å²) in [7, 11) is 1.61. The van der Waals surface area contributed by atoms with Gasteiger partial charge in [-0.3, -0.25) is 4.79 Å². The van der Waals surface area contributed by atoms with Crippen molar-refractivity contribution in [3.8, 4) is 5.75 Å². The molecular formula is C16H20N4O2. The molecule has 6 nitrogen and oxygen atoms in total. The number of carbonyl (C=O) groups excluding carboxylic acids is 1. The maximum absolute atomic E-state index is 11.9. The average Bonchev–Trinajstić information content (AvgIpc) is 2.53. The van der Waals surface area contributed by atoms with Gasteiger partial charge in [0.05, 0.1) is 19.5 Å². The molecule has 0 atom stereocenters. The summed E-state index contributed by atoms with van der Waals surface area (Å²) in [6.07, 6.45) is 2.99. The molecule has 0 spiro atoms. The fraction of sp³-hybridized carbons (Fsp3) is 0.312. The zero-order valence-corrected chi connectivity index (χ0v) is 13.0. The van der Waals surface area contributed by atoms with Gasteiger partial charge in [0.1, 0.15) is 17.3 Å². The maximum Gasteiger partial charge on any atom is 0.271 e. The van der Waals surface area contributed by atoms with Crippen LogP contribution in [-0.2, 0) is 0 Å². The van der Waals surface area contributed by atoms with Gasteiger partial charge in [-0.15, -0.1) is 0 Å². The van der Waals surface area contributed by atoms with E-state index in [0.29, 0.717) is 24.0 Å². The fourth-order valence-electron chi connectivity index (χ4n) is 1.75. The number of nitrogens with zero attached hydrogens (tertiary/aromatic N) is 2. The van der Waals surface area contributed by atoms with Crippen molar-refractivity contribution in [3.63, 3.8) is 0 Å². The monoisotopic (exact) mass is 300 g/mol. The molecule has 0 aliphatic heterocycles. The van der Waals surface area contributed by atoms with E-state index in [1.165, 1.54) is 12.4 Å². The molecule has 1 aromatic heterocycles. The van der Waals surface area contributed by atoms with E-state index in [2.05, 4.69) is 20.6 Å². The van der Waals surface area contributed by atoms with E-state index in [4.69, 9.17) is 4.74 Å².